The van der Waals surface area contributed by atoms with Gasteiger partial charge in [0.05, 0.1) is 9.88 Å². The molecule has 1 aromatic heterocycles. The number of alkyl carbamates (subject to hydrolysis) is 1. The fourth-order valence-electron chi connectivity index (χ4n) is 1.08. The van der Waals surface area contributed by atoms with Gasteiger partial charge in [0, 0.05) is 19.2 Å². The Labute approximate surface area is 104 Å². The molecule has 0 aliphatic rings. The quantitative estimate of drug-likeness (QED) is 0.837. The average Bonchev–Trinajstić information content (AvgIpc) is 2.63. The molecule has 6 heteroatoms. The van der Waals surface area contributed by atoms with Crippen LogP contribution in [0.3, 0.4) is 0 Å². The first-order valence-electron chi connectivity index (χ1n) is 5.27. The van der Waals surface area contributed by atoms with Crippen LogP contribution < -0.4 is 5.32 Å². The van der Waals surface area contributed by atoms with Gasteiger partial charge in [-0.05, 0) is 20.8 Å². The number of nitrogens with one attached hydrogen (secondary N) is 1. The second-order valence-corrected chi connectivity index (χ2v) is 5.60. The molecule has 0 aliphatic carbocycles. The zero-order chi connectivity index (χ0) is 12.9. The van der Waals surface area contributed by atoms with Gasteiger partial charge in [-0.15, -0.1) is 11.3 Å². The van der Waals surface area contributed by atoms with E-state index in [1.54, 1.807) is 0 Å². The lowest BCUT2D eigenvalue weighted by Crippen LogP contribution is -2.33. The molecule has 1 amide bonds. The van der Waals surface area contributed by atoms with Crippen molar-refractivity contribution in [1.29, 1.82) is 0 Å². The molecule has 0 atom stereocenters. The van der Waals surface area contributed by atoms with Crippen molar-refractivity contribution in [3.63, 3.8) is 0 Å². The van der Waals surface area contributed by atoms with Gasteiger partial charge >= 0.3 is 6.09 Å². The summed E-state index contributed by atoms with van der Waals surface area (Å²) >= 11 is 1.33. The van der Waals surface area contributed by atoms with Crippen LogP contribution in [0.5, 0.6) is 0 Å². The summed E-state index contributed by atoms with van der Waals surface area (Å²) in [5.74, 6) is 0. The number of hydrogen-bond acceptors (Lipinski definition) is 5. The first-order valence-corrected chi connectivity index (χ1v) is 6.09. The largest absolute Gasteiger partial charge is 0.444 e. The van der Waals surface area contributed by atoms with E-state index in [0.717, 1.165) is 11.3 Å². The predicted octanol–water partition coefficient (Wildman–Crippen LogP) is 2.02. The van der Waals surface area contributed by atoms with Crippen molar-refractivity contribution in [2.24, 2.45) is 0 Å². The van der Waals surface area contributed by atoms with Crippen molar-refractivity contribution >= 4 is 23.7 Å². The van der Waals surface area contributed by atoms with Gasteiger partial charge < -0.3 is 10.1 Å². The van der Waals surface area contributed by atoms with Crippen molar-refractivity contribution in [3.05, 3.63) is 16.1 Å². The summed E-state index contributed by atoms with van der Waals surface area (Å²) in [4.78, 5) is 26.4. The molecule has 0 saturated carbocycles. The molecular formula is C11H16N2O3S. The highest BCUT2D eigenvalue weighted by molar-refractivity contribution is 7.13. The second kappa shape index (κ2) is 5.77. The first-order chi connectivity index (χ1) is 7.90. The summed E-state index contributed by atoms with van der Waals surface area (Å²) in [5.41, 5.74) is -0.490. The number of hydrogen-bond donors (Lipinski definition) is 1. The maximum atomic E-state index is 11.3. The Balaban J connectivity index is 2.28. The smallest absolute Gasteiger partial charge is 0.407 e. The Morgan fingerprint density at radius 1 is 1.59 bits per heavy atom. The maximum absolute atomic E-state index is 11.3. The number of aldehydes is 1. The standard InChI is InChI=1S/C11H16N2O3S/c1-11(2,3)16-10(15)12-5-4-9-13-6-8(7-14)17-9/h6-7H,4-5H2,1-3H3,(H,12,15). The first kappa shape index (κ1) is 13.6. The number of rotatable bonds is 4. The van der Waals surface area contributed by atoms with Gasteiger partial charge in [-0.3, -0.25) is 4.79 Å². The molecule has 17 heavy (non-hydrogen) atoms. The van der Waals surface area contributed by atoms with E-state index in [0.29, 0.717) is 17.8 Å². The Kier molecular flexibility index (Phi) is 4.62. The highest BCUT2D eigenvalue weighted by Crippen LogP contribution is 2.10. The highest BCUT2D eigenvalue weighted by atomic mass is 32.1. The lowest BCUT2D eigenvalue weighted by molar-refractivity contribution is 0.0528. The van der Waals surface area contributed by atoms with Gasteiger partial charge in [0.1, 0.15) is 5.60 Å². The van der Waals surface area contributed by atoms with Crippen molar-refractivity contribution in [2.45, 2.75) is 32.8 Å². The second-order valence-electron chi connectivity index (χ2n) is 4.45. The van der Waals surface area contributed by atoms with Crippen LogP contribution in [0.2, 0.25) is 0 Å². The molecule has 0 bridgehead atoms. The van der Waals surface area contributed by atoms with E-state index < -0.39 is 11.7 Å². The number of carbonyl (C=O) groups excluding carboxylic acids is 2. The van der Waals surface area contributed by atoms with E-state index in [2.05, 4.69) is 10.3 Å². The molecule has 1 rings (SSSR count). The lowest BCUT2D eigenvalue weighted by Gasteiger charge is -2.19. The molecule has 1 aromatic rings. The highest BCUT2D eigenvalue weighted by Gasteiger charge is 2.15. The summed E-state index contributed by atoms with van der Waals surface area (Å²) in [7, 11) is 0. The van der Waals surface area contributed by atoms with E-state index in [-0.39, 0.29) is 0 Å². The maximum Gasteiger partial charge on any atom is 0.407 e. The zero-order valence-corrected chi connectivity index (χ0v) is 11.0. The van der Waals surface area contributed by atoms with E-state index in [4.69, 9.17) is 4.74 Å². The van der Waals surface area contributed by atoms with Crippen LogP contribution in [0.15, 0.2) is 6.20 Å². The fraction of sp³-hybridized carbons (Fsp3) is 0.545. The van der Waals surface area contributed by atoms with Gasteiger partial charge in [0.2, 0.25) is 0 Å². The third-order valence-corrected chi connectivity index (χ3v) is 2.68. The van der Waals surface area contributed by atoms with E-state index in [1.165, 1.54) is 17.5 Å². The normalized spacial score (nSPS) is 11.0. The molecule has 0 spiro atoms. The molecule has 94 valence electrons. The minimum Gasteiger partial charge on any atom is -0.444 e. The molecule has 1 N–H and O–H groups in total. The van der Waals surface area contributed by atoms with Crippen LogP contribution in [0.4, 0.5) is 4.79 Å². The summed E-state index contributed by atoms with van der Waals surface area (Å²) in [6, 6.07) is 0. The molecular weight excluding hydrogens is 240 g/mol. The monoisotopic (exact) mass is 256 g/mol. The molecule has 0 unspecified atom stereocenters. The Hall–Kier alpha value is -1.43. The van der Waals surface area contributed by atoms with Crippen LogP contribution in [0.1, 0.15) is 35.5 Å². The Bertz CT molecular complexity index is 396. The van der Waals surface area contributed by atoms with Crippen molar-refractivity contribution in [2.75, 3.05) is 6.54 Å². The number of carbonyl (C=O) groups is 2. The third-order valence-electron chi connectivity index (χ3n) is 1.69. The van der Waals surface area contributed by atoms with E-state index in [1.807, 2.05) is 20.8 Å². The van der Waals surface area contributed by atoms with Crippen LogP contribution in [-0.2, 0) is 11.2 Å². The van der Waals surface area contributed by atoms with Gasteiger partial charge in [-0.1, -0.05) is 0 Å². The van der Waals surface area contributed by atoms with E-state index >= 15 is 0 Å². The summed E-state index contributed by atoms with van der Waals surface area (Å²) in [6.45, 7) is 5.87. The van der Waals surface area contributed by atoms with Crippen molar-refractivity contribution in [1.82, 2.24) is 10.3 Å². The zero-order valence-electron chi connectivity index (χ0n) is 10.1. The van der Waals surface area contributed by atoms with Gasteiger partial charge in [0.15, 0.2) is 6.29 Å². The number of aromatic nitrogens is 1. The van der Waals surface area contributed by atoms with Crippen LogP contribution in [0, 0.1) is 0 Å². The van der Waals surface area contributed by atoms with Gasteiger partial charge in [-0.2, -0.15) is 0 Å². The average molecular weight is 256 g/mol. The minimum absolute atomic E-state index is 0.440. The molecule has 5 nitrogen and oxygen atoms in total. The van der Waals surface area contributed by atoms with E-state index in [9.17, 15) is 9.59 Å². The molecule has 0 aliphatic heterocycles. The van der Waals surface area contributed by atoms with Gasteiger partial charge in [-0.25, -0.2) is 9.78 Å². The Morgan fingerprint density at radius 2 is 2.29 bits per heavy atom. The number of amides is 1. The fourth-order valence-corrected chi connectivity index (χ4v) is 1.82. The molecule has 0 aromatic carbocycles. The van der Waals surface area contributed by atoms with Gasteiger partial charge in [0.25, 0.3) is 0 Å². The van der Waals surface area contributed by atoms with Crippen LogP contribution in [0.25, 0.3) is 0 Å². The number of thiazole rings is 1. The predicted molar refractivity (Wildman–Crippen MR) is 65.4 cm³/mol. The summed E-state index contributed by atoms with van der Waals surface area (Å²) < 4.78 is 5.08. The number of nitrogens with zero attached hydrogens (tertiary/aromatic N) is 1. The SMILES string of the molecule is CC(C)(C)OC(=O)NCCc1ncc(C=O)s1. The van der Waals surface area contributed by atoms with Crippen molar-refractivity contribution in [3.8, 4) is 0 Å². The lowest BCUT2D eigenvalue weighted by atomic mass is 10.2. The van der Waals surface area contributed by atoms with Crippen LogP contribution in [-0.4, -0.2) is 29.5 Å². The minimum atomic E-state index is -0.490. The number of ether oxygens (including phenoxy) is 1. The van der Waals surface area contributed by atoms with Crippen LogP contribution >= 0.6 is 11.3 Å². The molecule has 1 heterocycles. The molecule has 0 radical (unpaired) electrons. The van der Waals surface area contributed by atoms with Crippen molar-refractivity contribution < 1.29 is 14.3 Å². The third kappa shape index (κ3) is 5.44. The summed E-state index contributed by atoms with van der Waals surface area (Å²) in [6.07, 6.45) is 2.45. The molecule has 0 fully saturated rings. The molecule has 0 saturated heterocycles. The Morgan fingerprint density at radius 3 is 2.82 bits per heavy atom. The topological polar surface area (TPSA) is 68.3 Å². The summed E-state index contributed by atoms with van der Waals surface area (Å²) in [5, 5.41) is 3.45.